The van der Waals surface area contributed by atoms with Gasteiger partial charge in [0.15, 0.2) is 11.2 Å². The van der Waals surface area contributed by atoms with Crippen molar-refractivity contribution in [1.29, 1.82) is 0 Å². The molecule has 1 aliphatic heterocycles. The van der Waals surface area contributed by atoms with Crippen LogP contribution in [0, 0.1) is 0 Å². The third-order valence-electron chi connectivity index (χ3n) is 4.38. The molecule has 1 saturated heterocycles. The fourth-order valence-corrected chi connectivity index (χ4v) is 3.16. The highest BCUT2D eigenvalue weighted by molar-refractivity contribution is 6.31. The fraction of sp³-hybridized carbons (Fsp3) is 0.353. The summed E-state index contributed by atoms with van der Waals surface area (Å²) >= 11 is 6.18. The maximum Gasteiger partial charge on any atom is 0.287 e. The highest BCUT2D eigenvalue weighted by Gasteiger charge is 2.20. The lowest BCUT2D eigenvalue weighted by Crippen LogP contribution is -2.34. The minimum Gasteiger partial charge on any atom is -0.376 e. The van der Waals surface area contributed by atoms with Crippen molar-refractivity contribution < 1.29 is 9.53 Å². The summed E-state index contributed by atoms with van der Waals surface area (Å²) in [5.74, 6) is -0.566. The Labute approximate surface area is 158 Å². The average Bonchev–Trinajstić information content (AvgIpc) is 3.32. The van der Waals surface area contributed by atoms with E-state index >= 15 is 0 Å². The zero-order valence-electron chi connectivity index (χ0n) is 14.3. The normalized spacial score (nSPS) is 16.7. The zero-order chi connectivity index (χ0) is 18.8. The molecule has 0 spiro atoms. The first-order valence-electron chi connectivity index (χ1n) is 8.58. The number of aromatic nitrogens is 5. The maximum atomic E-state index is 12.4. The van der Waals surface area contributed by atoms with Gasteiger partial charge < -0.3 is 15.0 Å². The van der Waals surface area contributed by atoms with Gasteiger partial charge in [-0.05, 0) is 24.5 Å². The van der Waals surface area contributed by atoms with Crippen LogP contribution in [-0.2, 0) is 11.3 Å². The summed E-state index contributed by atoms with van der Waals surface area (Å²) in [6.07, 6.45) is 1.88. The molecule has 9 nitrogen and oxygen atoms in total. The lowest BCUT2D eigenvalue weighted by Gasteiger charge is -2.10. The zero-order valence-corrected chi connectivity index (χ0v) is 15.1. The lowest BCUT2D eigenvalue weighted by molar-refractivity contribution is 0.0849. The Morgan fingerprint density at radius 3 is 3.04 bits per heavy atom. The molecule has 0 aliphatic carbocycles. The molecule has 10 heteroatoms. The molecule has 1 atom stereocenters. The predicted octanol–water partition coefficient (Wildman–Crippen LogP) is 1.13. The number of carbonyl (C=O) groups excluding carboxylic acids is 1. The Balaban J connectivity index is 1.60. The Bertz CT molecular complexity index is 1040. The molecule has 1 aliphatic rings. The molecule has 1 fully saturated rings. The number of amides is 1. The topological polar surface area (TPSA) is 115 Å². The van der Waals surface area contributed by atoms with Crippen LogP contribution < -0.4 is 10.9 Å². The molecule has 3 heterocycles. The molecule has 1 amide bonds. The smallest absolute Gasteiger partial charge is 0.287 e. The molecule has 2 aromatic heterocycles. The van der Waals surface area contributed by atoms with Crippen LogP contribution in [0.2, 0.25) is 5.02 Å². The molecule has 2 N–H and O–H groups in total. The third kappa shape index (κ3) is 3.69. The molecule has 3 aromatic rings. The minimum atomic E-state index is -0.521. The predicted molar refractivity (Wildman–Crippen MR) is 97.8 cm³/mol. The number of carbonyl (C=O) groups is 1. The number of rotatable bonds is 5. The van der Waals surface area contributed by atoms with E-state index in [1.807, 2.05) is 18.2 Å². The number of hydrogen-bond donors (Lipinski definition) is 2. The van der Waals surface area contributed by atoms with Gasteiger partial charge in [-0.15, -0.1) is 5.10 Å². The van der Waals surface area contributed by atoms with Gasteiger partial charge in [0.25, 0.3) is 11.5 Å². The van der Waals surface area contributed by atoms with E-state index in [1.54, 1.807) is 6.07 Å². The molecule has 1 aromatic carbocycles. The largest absolute Gasteiger partial charge is 0.376 e. The molecular weight excluding hydrogens is 372 g/mol. The van der Waals surface area contributed by atoms with Gasteiger partial charge in [-0.1, -0.05) is 35.0 Å². The van der Waals surface area contributed by atoms with Crippen LogP contribution in [-0.4, -0.2) is 50.1 Å². The van der Waals surface area contributed by atoms with E-state index < -0.39 is 11.5 Å². The second-order valence-electron chi connectivity index (χ2n) is 6.27. The SMILES string of the molecule is O=C(NCC1CCCO1)c1nc2c(nnn2Cc2ccccc2Cl)c(=O)[nH]1. The van der Waals surface area contributed by atoms with Gasteiger partial charge in [0.05, 0.1) is 12.6 Å². The Kier molecular flexibility index (Phi) is 4.87. The molecule has 140 valence electrons. The molecule has 0 bridgehead atoms. The summed E-state index contributed by atoms with van der Waals surface area (Å²) in [6, 6.07) is 7.29. The van der Waals surface area contributed by atoms with Gasteiger partial charge in [0, 0.05) is 18.2 Å². The van der Waals surface area contributed by atoms with Gasteiger partial charge in [-0.3, -0.25) is 9.59 Å². The number of hydrogen-bond acceptors (Lipinski definition) is 6. The molecular formula is C17H17ClN6O3. The van der Waals surface area contributed by atoms with Crippen molar-refractivity contribution in [2.45, 2.75) is 25.5 Å². The molecule has 27 heavy (non-hydrogen) atoms. The van der Waals surface area contributed by atoms with Gasteiger partial charge >= 0.3 is 0 Å². The van der Waals surface area contributed by atoms with Gasteiger partial charge in [0.2, 0.25) is 5.82 Å². The van der Waals surface area contributed by atoms with E-state index in [0.717, 1.165) is 18.4 Å². The number of halogens is 1. The fourth-order valence-electron chi connectivity index (χ4n) is 2.96. The summed E-state index contributed by atoms with van der Waals surface area (Å²) in [7, 11) is 0. The van der Waals surface area contributed by atoms with Gasteiger partial charge in [-0.25, -0.2) is 9.67 Å². The lowest BCUT2D eigenvalue weighted by atomic mass is 10.2. The number of fused-ring (bicyclic) bond motifs is 1. The number of benzene rings is 1. The van der Waals surface area contributed by atoms with Crippen molar-refractivity contribution >= 4 is 28.7 Å². The highest BCUT2D eigenvalue weighted by atomic mass is 35.5. The Morgan fingerprint density at radius 2 is 2.26 bits per heavy atom. The first-order valence-corrected chi connectivity index (χ1v) is 8.96. The van der Waals surface area contributed by atoms with E-state index in [4.69, 9.17) is 16.3 Å². The van der Waals surface area contributed by atoms with Gasteiger partial charge in [-0.2, -0.15) is 0 Å². The molecule has 0 radical (unpaired) electrons. The maximum absolute atomic E-state index is 12.4. The van der Waals surface area contributed by atoms with Crippen molar-refractivity contribution in [1.82, 2.24) is 30.3 Å². The number of nitrogens with zero attached hydrogens (tertiary/aromatic N) is 4. The van der Waals surface area contributed by atoms with Crippen molar-refractivity contribution in [3.63, 3.8) is 0 Å². The summed E-state index contributed by atoms with van der Waals surface area (Å²) in [6.45, 7) is 1.36. The van der Waals surface area contributed by atoms with Crippen LogP contribution in [0.3, 0.4) is 0 Å². The van der Waals surface area contributed by atoms with E-state index in [-0.39, 0.29) is 29.6 Å². The first-order chi connectivity index (χ1) is 13.1. The van der Waals surface area contributed by atoms with Crippen LogP contribution in [0.1, 0.15) is 29.0 Å². The number of ether oxygens (including phenoxy) is 1. The third-order valence-corrected chi connectivity index (χ3v) is 4.75. The second kappa shape index (κ2) is 7.45. The first kappa shape index (κ1) is 17.6. The number of nitrogens with one attached hydrogen (secondary N) is 2. The summed E-state index contributed by atoms with van der Waals surface area (Å²) in [4.78, 5) is 31.3. The van der Waals surface area contributed by atoms with Crippen LogP contribution >= 0.6 is 11.6 Å². The summed E-state index contributed by atoms with van der Waals surface area (Å²) in [5, 5.41) is 11.1. The molecule has 4 rings (SSSR count). The second-order valence-corrected chi connectivity index (χ2v) is 6.68. The summed E-state index contributed by atoms with van der Waals surface area (Å²) < 4.78 is 6.92. The Hall–Kier alpha value is -2.78. The highest BCUT2D eigenvalue weighted by Crippen LogP contribution is 2.17. The average molecular weight is 389 g/mol. The standard InChI is InChI=1S/C17H17ClN6O3/c18-12-6-2-1-4-10(12)9-24-15-13(22-23-24)16(25)21-14(20-15)17(26)19-8-11-5-3-7-27-11/h1-2,4,6,11H,3,5,7-9H2,(H,19,26)(H,20,21,25). The van der Waals surface area contributed by atoms with E-state index in [9.17, 15) is 9.59 Å². The monoisotopic (exact) mass is 388 g/mol. The molecule has 1 unspecified atom stereocenters. The quantitative estimate of drug-likeness (QED) is 0.677. The number of aromatic amines is 1. The summed E-state index contributed by atoms with van der Waals surface area (Å²) in [5.41, 5.74) is 0.573. The van der Waals surface area contributed by atoms with Crippen molar-refractivity contribution in [3.05, 3.63) is 51.0 Å². The van der Waals surface area contributed by atoms with E-state index in [0.29, 0.717) is 18.2 Å². The number of H-pyrrole nitrogens is 1. The molecule has 0 saturated carbocycles. The van der Waals surface area contributed by atoms with Gasteiger partial charge in [0.1, 0.15) is 0 Å². The van der Waals surface area contributed by atoms with Crippen LogP contribution in [0.5, 0.6) is 0 Å². The van der Waals surface area contributed by atoms with Crippen LogP contribution in [0.4, 0.5) is 0 Å². The van der Waals surface area contributed by atoms with Crippen molar-refractivity contribution in [2.24, 2.45) is 0 Å². The van der Waals surface area contributed by atoms with Crippen LogP contribution in [0.15, 0.2) is 29.1 Å². The van der Waals surface area contributed by atoms with E-state index in [2.05, 4.69) is 25.6 Å². The van der Waals surface area contributed by atoms with Crippen molar-refractivity contribution in [2.75, 3.05) is 13.2 Å². The van der Waals surface area contributed by atoms with E-state index in [1.165, 1.54) is 4.68 Å². The van der Waals surface area contributed by atoms with Crippen LogP contribution in [0.25, 0.3) is 11.2 Å². The van der Waals surface area contributed by atoms with Crippen molar-refractivity contribution in [3.8, 4) is 0 Å². The Morgan fingerprint density at radius 1 is 1.41 bits per heavy atom. The minimum absolute atomic E-state index is 0.00294.